The highest BCUT2D eigenvalue weighted by molar-refractivity contribution is 6.15. The van der Waals surface area contributed by atoms with E-state index < -0.39 is 0 Å². The zero-order valence-corrected chi connectivity index (χ0v) is 21.6. The normalized spacial score (nSPS) is 18.9. The summed E-state index contributed by atoms with van der Waals surface area (Å²) in [4.78, 5) is 20.3. The molecule has 0 saturated heterocycles. The number of pyridine rings is 2. The molecule has 0 spiro atoms. The number of aliphatic imine (C=N–C) groups is 1. The minimum absolute atomic E-state index is 0.275. The van der Waals surface area contributed by atoms with Crippen molar-refractivity contribution in [3.05, 3.63) is 113 Å². The van der Waals surface area contributed by atoms with Crippen LogP contribution in [-0.4, -0.2) is 45.7 Å². The first-order chi connectivity index (χ1) is 18.5. The van der Waals surface area contributed by atoms with Crippen LogP contribution >= 0.6 is 0 Å². The molecule has 1 aromatic carbocycles. The molecule has 1 unspecified atom stereocenters. The quantitative estimate of drug-likeness (QED) is 0.326. The molecule has 1 saturated carbocycles. The highest BCUT2D eigenvalue weighted by atomic mass is 19.1. The second kappa shape index (κ2) is 9.41. The second-order valence-electron chi connectivity index (χ2n) is 9.92. The van der Waals surface area contributed by atoms with Crippen LogP contribution < -0.4 is 5.73 Å². The first-order valence-electron chi connectivity index (χ1n) is 12.7. The molecule has 4 heterocycles. The molecule has 1 aliphatic heterocycles. The number of benzene rings is 1. The number of aromatic nitrogens is 3. The van der Waals surface area contributed by atoms with Gasteiger partial charge in [-0.1, -0.05) is 24.3 Å². The largest absolute Gasteiger partial charge is 0.404 e. The van der Waals surface area contributed by atoms with Crippen molar-refractivity contribution in [1.82, 2.24) is 19.9 Å². The van der Waals surface area contributed by atoms with Gasteiger partial charge in [-0.25, -0.2) is 9.37 Å². The molecular weight excluding hydrogens is 475 g/mol. The van der Waals surface area contributed by atoms with Crippen LogP contribution in [0.5, 0.6) is 0 Å². The Labute approximate surface area is 221 Å². The van der Waals surface area contributed by atoms with E-state index in [1.54, 1.807) is 18.5 Å². The van der Waals surface area contributed by atoms with Gasteiger partial charge in [0.25, 0.3) is 0 Å². The van der Waals surface area contributed by atoms with Gasteiger partial charge < -0.3 is 15.6 Å². The number of hydrogen-bond donors (Lipinski definition) is 2. The summed E-state index contributed by atoms with van der Waals surface area (Å²) in [5, 5.41) is 0.916. The minimum Gasteiger partial charge on any atom is -0.404 e. The lowest BCUT2D eigenvalue weighted by molar-refractivity contribution is 0.530. The number of hydrogen-bond acceptors (Lipinski definition) is 5. The van der Waals surface area contributed by atoms with Crippen molar-refractivity contribution in [2.24, 2.45) is 10.7 Å². The zero-order valence-electron chi connectivity index (χ0n) is 21.6. The fourth-order valence-corrected chi connectivity index (χ4v) is 5.11. The highest BCUT2D eigenvalue weighted by Gasteiger charge is 2.44. The van der Waals surface area contributed by atoms with Crippen LogP contribution in [0.25, 0.3) is 27.7 Å². The van der Waals surface area contributed by atoms with Crippen molar-refractivity contribution in [3.63, 3.8) is 0 Å². The van der Waals surface area contributed by atoms with E-state index in [1.165, 1.54) is 17.7 Å². The highest BCUT2D eigenvalue weighted by Crippen LogP contribution is 2.48. The maximum atomic E-state index is 14.0. The summed E-state index contributed by atoms with van der Waals surface area (Å²) in [5.41, 5.74) is 14.9. The summed E-state index contributed by atoms with van der Waals surface area (Å²) < 4.78 is 14.0. The van der Waals surface area contributed by atoms with E-state index in [9.17, 15) is 4.39 Å². The van der Waals surface area contributed by atoms with Crippen molar-refractivity contribution >= 4 is 22.2 Å². The Morgan fingerprint density at radius 1 is 1.13 bits per heavy atom. The van der Waals surface area contributed by atoms with Crippen molar-refractivity contribution in [1.29, 1.82) is 0 Å². The standard InChI is InChI=1S/C31H29FN6/c1-4-6-21(38(2)3)14-19(17-33)25-10-9-22-23-15-27(23)37-31(30(22)36-25)28-16-24-26(35-28)11-12-34-29(24)18-7-5-8-20(32)13-18/h4-14,16-17,23,27,35H,15,33H2,1-3H3/b6-4?,19-17+,21-14+/t23?,27-/m0/s1. The van der Waals surface area contributed by atoms with E-state index in [1.807, 2.05) is 62.3 Å². The van der Waals surface area contributed by atoms with Crippen LogP contribution in [0.1, 0.15) is 41.9 Å². The molecule has 6 nitrogen and oxygen atoms in total. The molecule has 38 heavy (non-hydrogen) atoms. The van der Waals surface area contributed by atoms with Gasteiger partial charge in [0.05, 0.1) is 28.8 Å². The number of H-pyrrole nitrogens is 1. The van der Waals surface area contributed by atoms with E-state index in [0.29, 0.717) is 5.92 Å². The summed E-state index contributed by atoms with van der Waals surface area (Å²) in [5.74, 6) is 0.120. The molecule has 6 rings (SSSR count). The number of likely N-dealkylation sites (N-methyl/N-ethyl adjacent to an activating group) is 1. The maximum Gasteiger partial charge on any atom is 0.123 e. The number of nitrogens with one attached hydrogen (secondary N) is 1. The zero-order chi connectivity index (χ0) is 26.4. The van der Waals surface area contributed by atoms with Gasteiger partial charge in [0.1, 0.15) is 11.5 Å². The van der Waals surface area contributed by atoms with Crippen LogP contribution in [0.4, 0.5) is 4.39 Å². The molecule has 2 atom stereocenters. The van der Waals surface area contributed by atoms with Crippen molar-refractivity contribution in [3.8, 4) is 11.3 Å². The van der Waals surface area contributed by atoms with Gasteiger partial charge in [-0.2, -0.15) is 0 Å². The number of nitrogens with zero attached hydrogens (tertiary/aromatic N) is 4. The Morgan fingerprint density at radius 2 is 2.00 bits per heavy atom. The van der Waals surface area contributed by atoms with Crippen LogP contribution in [0.2, 0.25) is 0 Å². The topological polar surface area (TPSA) is 83.2 Å². The predicted octanol–water partition coefficient (Wildman–Crippen LogP) is 5.79. The Morgan fingerprint density at radius 3 is 2.76 bits per heavy atom. The molecule has 0 bridgehead atoms. The molecule has 0 amide bonds. The summed E-state index contributed by atoms with van der Waals surface area (Å²) in [7, 11) is 4.00. The van der Waals surface area contributed by atoms with Gasteiger partial charge in [0.2, 0.25) is 0 Å². The molecule has 7 heteroatoms. The summed E-state index contributed by atoms with van der Waals surface area (Å²) >= 11 is 0. The van der Waals surface area contributed by atoms with E-state index >= 15 is 0 Å². The second-order valence-corrected chi connectivity index (χ2v) is 9.92. The minimum atomic E-state index is -0.288. The average Bonchev–Trinajstić information content (AvgIpc) is 3.58. The van der Waals surface area contributed by atoms with Crippen LogP contribution in [-0.2, 0) is 0 Å². The summed E-state index contributed by atoms with van der Waals surface area (Å²) in [6.45, 7) is 1.99. The fourth-order valence-electron chi connectivity index (χ4n) is 5.11. The molecule has 3 aromatic heterocycles. The Balaban J connectivity index is 1.45. The Kier molecular flexibility index (Phi) is 5.91. The third-order valence-electron chi connectivity index (χ3n) is 7.14. The monoisotopic (exact) mass is 504 g/mol. The number of allylic oxidation sites excluding steroid dienone is 4. The number of rotatable bonds is 6. The predicted molar refractivity (Wildman–Crippen MR) is 151 cm³/mol. The van der Waals surface area contributed by atoms with Gasteiger partial charge in [-0.15, -0.1) is 0 Å². The lowest BCUT2D eigenvalue weighted by Crippen LogP contribution is -2.16. The number of fused-ring (bicyclic) bond motifs is 4. The smallest absolute Gasteiger partial charge is 0.123 e. The molecule has 3 N–H and O–H groups in total. The molecule has 2 aliphatic rings. The number of aromatic amines is 1. The summed E-state index contributed by atoms with van der Waals surface area (Å²) in [6, 6.07) is 15.0. The molecule has 4 aromatic rings. The van der Waals surface area contributed by atoms with Crippen LogP contribution in [0.15, 0.2) is 89.8 Å². The lowest BCUT2D eigenvalue weighted by atomic mass is 9.98. The van der Waals surface area contributed by atoms with Gasteiger partial charge in [0, 0.05) is 60.1 Å². The number of halogens is 1. The average molecular weight is 505 g/mol. The van der Waals surface area contributed by atoms with Crippen molar-refractivity contribution in [2.45, 2.75) is 25.3 Å². The molecule has 1 fully saturated rings. The molecule has 0 radical (unpaired) electrons. The maximum absolute atomic E-state index is 14.0. The van der Waals surface area contributed by atoms with E-state index in [2.05, 4.69) is 22.1 Å². The molecule has 1 aliphatic carbocycles. The Bertz CT molecular complexity index is 1670. The molecule has 190 valence electrons. The third-order valence-corrected chi connectivity index (χ3v) is 7.14. The van der Waals surface area contributed by atoms with Gasteiger partial charge in [-0.3, -0.25) is 9.98 Å². The summed E-state index contributed by atoms with van der Waals surface area (Å²) in [6.07, 6.45) is 10.4. The van der Waals surface area contributed by atoms with Gasteiger partial charge in [0.15, 0.2) is 0 Å². The van der Waals surface area contributed by atoms with Crippen LogP contribution in [0.3, 0.4) is 0 Å². The van der Waals surface area contributed by atoms with Gasteiger partial charge in [-0.05, 0) is 61.4 Å². The van der Waals surface area contributed by atoms with E-state index in [0.717, 1.165) is 62.6 Å². The fraction of sp³-hybridized carbons (Fsp3) is 0.194. The Hall–Kier alpha value is -4.52. The van der Waals surface area contributed by atoms with Crippen molar-refractivity contribution < 1.29 is 4.39 Å². The van der Waals surface area contributed by atoms with Crippen LogP contribution in [0, 0.1) is 5.82 Å². The lowest BCUT2D eigenvalue weighted by Gasteiger charge is -2.18. The first-order valence-corrected chi connectivity index (χ1v) is 12.7. The van der Waals surface area contributed by atoms with E-state index in [-0.39, 0.29) is 11.9 Å². The third kappa shape index (κ3) is 4.20. The van der Waals surface area contributed by atoms with Gasteiger partial charge >= 0.3 is 0 Å². The first kappa shape index (κ1) is 23.9. The van der Waals surface area contributed by atoms with E-state index in [4.69, 9.17) is 15.7 Å². The number of nitrogens with two attached hydrogens (primary N) is 1. The SMILES string of the molecule is CC=C/C(=C\C(=C/N)c1ccc2c(n1)C(c1cc3c(-c4cccc(F)c4)nccc3[nH]1)=N[C@H]1CC21)N(C)C. The molecular formula is C31H29FN6. The van der Waals surface area contributed by atoms with Crippen molar-refractivity contribution in [2.75, 3.05) is 14.1 Å².